The molecule has 0 amide bonds. The van der Waals surface area contributed by atoms with Crippen LogP contribution in [0.15, 0.2) is 32.3 Å². The second-order valence-electron chi connectivity index (χ2n) is 5.14. The summed E-state index contributed by atoms with van der Waals surface area (Å²) in [6.45, 7) is 5.85. The predicted octanol–water partition coefficient (Wildman–Crippen LogP) is 2.75. The van der Waals surface area contributed by atoms with Crippen LogP contribution >= 0.6 is 15.9 Å². The maximum Gasteiger partial charge on any atom is 0.357 e. The highest BCUT2D eigenvalue weighted by Gasteiger charge is 2.18. The maximum absolute atomic E-state index is 11.6. The number of nitrogens with one attached hydrogen (secondary N) is 2. The van der Waals surface area contributed by atoms with Crippen LogP contribution in [-0.2, 0) is 0 Å². The number of rotatable bonds is 6. The average Bonchev–Trinajstić information content (AvgIpc) is 2.54. The lowest BCUT2D eigenvalue weighted by Crippen LogP contribution is -2.25. The van der Waals surface area contributed by atoms with Gasteiger partial charge in [-0.2, -0.15) is 0 Å². The van der Waals surface area contributed by atoms with Crippen molar-refractivity contribution in [1.29, 1.82) is 0 Å². The van der Waals surface area contributed by atoms with E-state index < -0.39 is 21.9 Å². The van der Waals surface area contributed by atoms with Gasteiger partial charge in [0, 0.05) is 17.6 Å². The van der Waals surface area contributed by atoms with E-state index in [1.807, 2.05) is 23.2 Å². The summed E-state index contributed by atoms with van der Waals surface area (Å²) in [5.74, 6) is 0. The van der Waals surface area contributed by atoms with Gasteiger partial charge in [0.05, 0.1) is 10.6 Å². The molecule has 0 spiro atoms. The Morgan fingerprint density at radius 2 is 1.88 bits per heavy atom. The minimum atomic E-state index is -1.04. The molecule has 0 unspecified atom stereocenters. The topological polar surface area (TPSA) is 112 Å². The molecule has 0 saturated carbocycles. The van der Waals surface area contributed by atoms with E-state index >= 15 is 0 Å². The quantitative estimate of drug-likeness (QED) is 0.563. The Balaban J connectivity index is 2.41. The molecule has 1 aromatic heterocycles. The standard InChI is InChI=1S/C16H17BrN4O4/c1-3-20(4-2)13-8-6-10(9-11(13)17)5-7-12-14(21(24)25)15(22)19-16(23)18-12/h5-9H,3-4H2,1-2H3,(H2,18,19,22,23). The fourth-order valence-electron chi connectivity index (χ4n) is 2.43. The molecule has 0 atom stereocenters. The smallest absolute Gasteiger partial charge is 0.357 e. The van der Waals surface area contributed by atoms with Crippen molar-refractivity contribution in [2.45, 2.75) is 13.8 Å². The van der Waals surface area contributed by atoms with Crippen LogP contribution in [0.4, 0.5) is 11.4 Å². The molecule has 0 aliphatic carbocycles. The maximum atomic E-state index is 11.6. The number of hydrogen-bond acceptors (Lipinski definition) is 5. The fraction of sp³-hybridized carbons (Fsp3) is 0.250. The van der Waals surface area contributed by atoms with Crippen LogP contribution in [0.5, 0.6) is 0 Å². The lowest BCUT2D eigenvalue weighted by Gasteiger charge is -2.22. The monoisotopic (exact) mass is 408 g/mol. The lowest BCUT2D eigenvalue weighted by molar-refractivity contribution is -0.386. The van der Waals surface area contributed by atoms with Crippen LogP contribution in [0.2, 0.25) is 0 Å². The molecular formula is C16H17BrN4O4. The van der Waals surface area contributed by atoms with E-state index in [1.165, 1.54) is 6.08 Å². The molecule has 9 heteroatoms. The molecule has 2 rings (SSSR count). The molecule has 1 aromatic carbocycles. The van der Waals surface area contributed by atoms with Gasteiger partial charge in [-0.3, -0.25) is 19.9 Å². The Bertz CT molecular complexity index is 928. The zero-order chi connectivity index (χ0) is 18.6. The van der Waals surface area contributed by atoms with Gasteiger partial charge in [-0.25, -0.2) is 4.79 Å². The van der Waals surface area contributed by atoms with Gasteiger partial charge in [0.25, 0.3) is 0 Å². The molecule has 0 aliphatic rings. The first-order chi connectivity index (χ1) is 11.9. The van der Waals surface area contributed by atoms with Gasteiger partial charge >= 0.3 is 16.9 Å². The van der Waals surface area contributed by atoms with Crippen molar-refractivity contribution >= 4 is 39.5 Å². The third-order valence-electron chi connectivity index (χ3n) is 3.65. The van der Waals surface area contributed by atoms with Crippen LogP contribution in [0.25, 0.3) is 12.2 Å². The van der Waals surface area contributed by atoms with Crippen molar-refractivity contribution in [3.63, 3.8) is 0 Å². The van der Waals surface area contributed by atoms with Crippen LogP contribution < -0.4 is 16.1 Å². The van der Waals surface area contributed by atoms with Crippen LogP contribution in [0.3, 0.4) is 0 Å². The summed E-state index contributed by atoms with van der Waals surface area (Å²) >= 11 is 3.52. The van der Waals surface area contributed by atoms with E-state index in [0.29, 0.717) is 0 Å². The molecule has 25 heavy (non-hydrogen) atoms. The summed E-state index contributed by atoms with van der Waals surface area (Å²) in [5.41, 5.74) is -0.881. The Kier molecular flexibility index (Phi) is 5.92. The predicted molar refractivity (Wildman–Crippen MR) is 101 cm³/mol. The number of benzene rings is 1. The average molecular weight is 409 g/mol. The van der Waals surface area contributed by atoms with Crippen molar-refractivity contribution in [1.82, 2.24) is 9.97 Å². The highest BCUT2D eigenvalue weighted by Crippen LogP contribution is 2.28. The zero-order valence-electron chi connectivity index (χ0n) is 13.7. The van der Waals surface area contributed by atoms with Gasteiger partial charge in [-0.15, -0.1) is 0 Å². The summed E-state index contributed by atoms with van der Waals surface area (Å²) in [4.78, 5) is 39.4. The van der Waals surface area contributed by atoms with E-state index in [-0.39, 0.29) is 5.69 Å². The lowest BCUT2D eigenvalue weighted by atomic mass is 10.1. The van der Waals surface area contributed by atoms with Gasteiger partial charge in [0.2, 0.25) is 0 Å². The third kappa shape index (κ3) is 4.24. The van der Waals surface area contributed by atoms with Gasteiger partial charge in [-0.05, 0) is 53.5 Å². The minimum absolute atomic E-state index is 0.150. The summed E-state index contributed by atoms with van der Waals surface area (Å²) in [6.07, 6.45) is 2.93. The Labute approximate surface area is 151 Å². The number of nitrogens with zero attached hydrogens (tertiary/aromatic N) is 2. The van der Waals surface area contributed by atoms with Gasteiger partial charge < -0.3 is 9.88 Å². The van der Waals surface area contributed by atoms with Crippen molar-refractivity contribution in [2.75, 3.05) is 18.0 Å². The third-order valence-corrected chi connectivity index (χ3v) is 4.28. The normalized spacial score (nSPS) is 11.0. The molecule has 0 saturated heterocycles. The molecule has 132 valence electrons. The Morgan fingerprint density at radius 1 is 1.20 bits per heavy atom. The van der Waals surface area contributed by atoms with Crippen LogP contribution in [0.1, 0.15) is 25.1 Å². The first-order valence-electron chi connectivity index (χ1n) is 7.60. The number of nitro groups is 1. The summed E-state index contributed by atoms with van der Waals surface area (Å²) < 4.78 is 0.882. The number of halogens is 1. The van der Waals surface area contributed by atoms with Gasteiger partial charge in [-0.1, -0.05) is 12.1 Å². The number of anilines is 1. The SMILES string of the molecule is CCN(CC)c1ccc(C=Cc2[nH]c(=O)[nH]c(=O)c2[N+](=O)[O-])cc1Br. The van der Waals surface area contributed by atoms with Crippen molar-refractivity contribution in [3.8, 4) is 0 Å². The van der Waals surface area contributed by atoms with Crippen LogP contribution in [0, 0.1) is 10.1 Å². The van der Waals surface area contributed by atoms with Gasteiger partial charge in [0.1, 0.15) is 5.69 Å². The van der Waals surface area contributed by atoms with Crippen molar-refractivity contribution in [2.24, 2.45) is 0 Å². The van der Waals surface area contributed by atoms with Crippen molar-refractivity contribution in [3.05, 3.63) is 64.9 Å². The highest BCUT2D eigenvalue weighted by atomic mass is 79.9. The second-order valence-corrected chi connectivity index (χ2v) is 6.00. The molecule has 0 bridgehead atoms. The first-order valence-corrected chi connectivity index (χ1v) is 8.40. The zero-order valence-corrected chi connectivity index (χ0v) is 15.3. The summed E-state index contributed by atoms with van der Waals surface area (Å²) in [7, 11) is 0. The first kappa shape index (κ1) is 18.7. The molecule has 8 nitrogen and oxygen atoms in total. The largest absolute Gasteiger partial charge is 0.371 e. The molecule has 0 aliphatic heterocycles. The Hall–Kier alpha value is -2.68. The van der Waals surface area contributed by atoms with E-state index in [0.717, 1.165) is 28.8 Å². The summed E-state index contributed by atoms with van der Waals surface area (Å²) in [6, 6.07) is 5.65. The molecular weight excluding hydrogens is 392 g/mol. The second kappa shape index (κ2) is 7.93. The van der Waals surface area contributed by atoms with Gasteiger partial charge in [0.15, 0.2) is 0 Å². The molecule has 0 radical (unpaired) electrons. The van der Waals surface area contributed by atoms with Crippen molar-refractivity contribution < 1.29 is 4.92 Å². The van der Waals surface area contributed by atoms with E-state index in [9.17, 15) is 19.7 Å². The van der Waals surface area contributed by atoms with E-state index in [2.05, 4.69) is 39.7 Å². The fourth-order valence-corrected chi connectivity index (χ4v) is 3.07. The molecule has 0 fully saturated rings. The van der Waals surface area contributed by atoms with E-state index in [1.54, 1.807) is 6.08 Å². The van der Waals surface area contributed by atoms with Crippen LogP contribution in [-0.4, -0.2) is 28.0 Å². The molecule has 1 heterocycles. The number of aromatic amines is 2. The Morgan fingerprint density at radius 3 is 2.44 bits per heavy atom. The molecule has 2 aromatic rings. The van der Waals surface area contributed by atoms with E-state index in [4.69, 9.17) is 0 Å². The minimum Gasteiger partial charge on any atom is -0.371 e. The number of aromatic nitrogens is 2. The summed E-state index contributed by atoms with van der Waals surface area (Å²) in [5, 5.41) is 11.0. The number of hydrogen-bond donors (Lipinski definition) is 2. The highest BCUT2D eigenvalue weighted by molar-refractivity contribution is 9.10. The molecule has 2 N–H and O–H groups in total. The number of H-pyrrole nitrogens is 2.